The molecule has 0 aliphatic rings. The van der Waals surface area contributed by atoms with Crippen LogP contribution in [-0.2, 0) is 23.0 Å². The minimum Gasteiger partial charge on any atom is -0.462 e. The molecule has 2 heterocycles. The lowest BCUT2D eigenvalue weighted by Crippen LogP contribution is -2.25. The summed E-state index contributed by atoms with van der Waals surface area (Å²) < 4.78 is 8.21. The van der Waals surface area contributed by atoms with Gasteiger partial charge in [0.25, 0.3) is 5.56 Å². The van der Waals surface area contributed by atoms with Crippen molar-refractivity contribution in [3.8, 4) is 5.69 Å². The Morgan fingerprint density at radius 3 is 2.59 bits per heavy atom. The summed E-state index contributed by atoms with van der Waals surface area (Å²) >= 11 is 0. The van der Waals surface area contributed by atoms with E-state index in [1.165, 1.54) is 4.57 Å². The number of esters is 1. The topological polar surface area (TPSA) is 108 Å². The Kier molecular flexibility index (Phi) is 6.53. The van der Waals surface area contributed by atoms with E-state index in [1.54, 1.807) is 42.9 Å². The second kappa shape index (κ2) is 9.70. The van der Waals surface area contributed by atoms with Gasteiger partial charge in [0.1, 0.15) is 11.2 Å². The lowest BCUT2D eigenvalue weighted by atomic mass is 10.2. The van der Waals surface area contributed by atoms with Crippen LogP contribution in [0, 0.1) is 6.92 Å². The van der Waals surface area contributed by atoms with E-state index in [0.717, 1.165) is 5.69 Å². The third-order valence-electron chi connectivity index (χ3n) is 5.37. The number of ether oxygens (including phenoxy) is 1. The fourth-order valence-electron chi connectivity index (χ4n) is 3.72. The van der Waals surface area contributed by atoms with Crippen LogP contribution in [0.5, 0.6) is 0 Å². The fraction of sp³-hybridized carbons (Fsp3) is 0.240. The summed E-state index contributed by atoms with van der Waals surface area (Å²) in [6.07, 6.45) is 0.227. The second-order valence-corrected chi connectivity index (χ2v) is 7.78. The maximum Gasteiger partial charge on any atom is 0.338 e. The first-order chi connectivity index (χ1) is 16.4. The molecular weight excluding hydrogens is 434 g/mol. The third kappa shape index (κ3) is 4.59. The summed E-state index contributed by atoms with van der Waals surface area (Å²) in [6, 6.07) is 16.1. The summed E-state index contributed by atoms with van der Waals surface area (Å²) in [5.41, 5.74) is 3.58. The molecule has 0 fully saturated rings. The smallest absolute Gasteiger partial charge is 0.338 e. The van der Waals surface area contributed by atoms with Gasteiger partial charge in [0.05, 0.1) is 23.6 Å². The molecule has 0 unspecified atom stereocenters. The molecule has 0 bridgehead atoms. The van der Waals surface area contributed by atoms with E-state index in [0.29, 0.717) is 33.8 Å². The van der Waals surface area contributed by atoms with Crippen molar-refractivity contribution in [2.75, 3.05) is 11.9 Å². The van der Waals surface area contributed by atoms with Crippen LogP contribution in [-0.4, -0.2) is 37.8 Å². The minimum absolute atomic E-state index is 0.0588. The summed E-state index contributed by atoms with van der Waals surface area (Å²) in [4.78, 5) is 42.0. The Bertz CT molecular complexity index is 1420. The Morgan fingerprint density at radius 2 is 1.85 bits per heavy atom. The SMILES string of the molecule is CCOC(=O)c1cccc(NC(=O)CCc2nc3c(C)nn(-c4ccccc4)c3n(C)c2=O)c1. The number of nitrogens with one attached hydrogen (secondary N) is 1. The number of aromatic nitrogens is 4. The van der Waals surface area contributed by atoms with Crippen LogP contribution in [0.1, 0.15) is 35.1 Å². The van der Waals surface area contributed by atoms with Gasteiger partial charge >= 0.3 is 5.97 Å². The van der Waals surface area contributed by atoms with Gasteiger partial charge in [-0.25, -0.2) is 14.5 Å². The van der Waals surface area contributed by atoms with Crippen LogP contribution in [0.2, 0.25) is 0 Å². The number of carbonyl (C=O) groups is 2. The molecule has 0 saturated carbocycles. The number of benzene rings is 2. The number of carbonyl (C=O) groups excluding carboxylic acids is 2. The first-order valence-electron chi connectivity index (χ1n) is 11.0. The van der Waals surface area contributed by atoms with Gasteiger partial charge in [-0.05, 0) is 44.2 Å². The van der Waals surface area contributed by atoms with Gasteiger partial charge in [0, 0.05) is 25.6 Å². The van der Waals surface area contributed by atoms with Crippen molar-refractivity contribution in [1.82, 2.24) is 19.3 Å². The normalized spacial score (nSPS) is 10.9. The van der Waals surface area contributed by atoms with Gasteiger partial charge in [0.15, 0.2) is 5.65 Å². The van der Waals surface area contributed by atoms with Crippen molar-refractivity contribution in [1.29, 1.82) is 0 Å². The van der Waals surface area contributed by atoms with Crippen molar-refractivity contribution < 1.29 is 14.3 Å². The number of rotatable bonds is 7. The van der Waals surface area contributed by atoms with E-state index >= 15 is 0 Å². The molecule has 9 nitrogen and oxygen atoms in total. The van der Waals surface area contributed by atoms with E-state index in [4.69, 9.17) is 4.74 Å². The molecule has 2 aromatic heterocycles. The maximum atomic E-state index is 13.0. The summed E-state index contributed by atoms with van der Waals surface area (Å²) in [7, 11) is 1.68. The van der Waals surface area contributed by atoms with Crippen LogP contribution in [0.4, 0.5) is 5.69 Å². The third-order valence-corrected chi connectivity index (χ3v) is 5.37. The zero-order valence-electron chi connectivity index (χ0n) is 19.2. The summed E-state index contributed by atoms with van der Waals surface area (Å²) in [5.74, 6) is -0.743. The lowest BCUT2D eigenvalue weighted by molar-refractivity contribution is -0.116. The van der Waals surface area contributed by atoms with E-state index in [9.17, 15) is 14.4 Å². The lowest BCUT2D eigenvalue weighted by Gasteiger charge is -2.09. The molecular formula is C25H25N5O4. The molecule has 0 aliphatic carbocycles. The Morgan fingerprint density at radius 1 is 1.09 bits per heavy atom. The number of hydrogen-bond acceptors (Lipinski definition) is 6. The molecule has 0 atom stereocenters. The minimum atomic E-state index is -0.453. The number of anilines is 1. The van der Waals surface area contributed by atoms with Crippen LogP contribution in [0.15, 0.2) is 59.4 Å². The van der Waals surface area contributed by atoms with Gasteiger partial charge in [-0.3, -0.25) is 14.2 Å². The van der Waals surface area contributed by atoms with Crippen molar-refractivity contribution in [2.24, 2.45) is 7.05 Å². The van der Waals surface area contributed by atoms with Crippen molar-refractivity contribution in [3.63, 3.8) is 0 Å². The average molecular weight is 460 g/mol. The number of hydrogen-bond donors (Lipinski definition) is 1. The Balaban J connectivity index is 1.53. The second-order valence-electron chi connectivity index (χ2n) is 7.78. The number of para-hydroxylation sites is 1. The standard InChI is InChI=1S/C25H25N5O4/c1-4-34-25(33)17-9-8-10-18(15-17)26-21(31)14-13-20-24(32)29(3)23-22(27-20)16(2)28-30(23)19-11-6-5-7-12-19/h5-12,15H,4,13-14H2,1-3H3,(H,26,31). The molecule has 9 heteroatoms. The highest BCUT2D eigenvalue weighted by molar-refractivity contribution is 5.94. The summed E-state index contributed by atoms with van der Waals surface area (Å²) in [6.45, 7) is 3.84. The van der Waals surface area contributed by atoms with Gasteiger partial charge in [0.2, 0.25) is 5.91 Å². The predicted octanol–water partition coefficient (Wildman–Crippen LogP) is 3.18. The van der Waals surface area contributed by atoms with Gasteiger partial charge in [-0.1, -0.05) is 24.3 Å². The van der Waals surface area contributed by atoms with Gasteiger partial charge in [-0.15, -0.1) is 0 Å². The Labute approximate surface area is 196 Å². The zero-order valence-corrected chi connectivity index (χ0v) is 19.2. The maximum absolute atomic E-state index is 13.0. The molecule has 0 saturated heterocycles. The molecule has 0 aliphatic heterocycles. The van der Waals surface area contributed by atoms with Crippen LogP contribution >= 0.6 is 0 Å². The Hall–Kier alpha value is -4.27. The molecule has 34 heavy (non-hydrogen) atoms. The molecule has 4 rings (SSSR count). The van der Waals surface area contributed by atoms with Crippen molar-refractivity contribution >= 4 is 28.7 Å². The largest absolute Gasteiger partial charge is 0.462 e. The quantitative estimate of drug-likeness (QED) is 0.425. The van der Waals surface area contributed by atoms with Crippen LogP contribution in [0.25, 0.3) is 16.9 Å². The van der Waals surface area contributed by atoms with E-state index in [-0.39, 0.29) is 30.9 Å². The number of fused-ring (bicyclic) bond motifs is 1. The van der Waals surface area contributed by atoms with Gasteiger partial charge < -0.3 is 10.1 Å². The number of nitrogens with zero attached hydrogens (tertiary/aromatic N) is 4. The van der Waals surface area contributed by atoms with E-state index in [1.807, 2.05) is 37.3 Å². The number of aryl methyl sites for hydroxylation is 3. The first-order valence-corrected chi connectivity index (χ1v) is 11.0. The highest BCUT2D eigenvalue weighted by Crippen LogP contribution is 2.19. The monoisotopic (exact) mass is 459 g/mol. The molecule has 2 aromatic carbocycles. The predicted molar refractivity (Wildman–Crippen MR) is 128 cm³/mol. The molecule has 1 amide bonds. The average Bonchev–Trinajstić information content (AvgIpc) is 3.17. The highest BCUT2D eigenvalue weighted by atomic mass is 16.5. The summed E-state index contributed by atoms with van der Waals surface area (Å²) in [5, 5.41) is 7.33. The van der Waals surface area contributed by atoms with E-state index < -0.39 is 5.97 Å². The van der Waals surface area contributed by atoms with Crippen molar-refractivity contribution in [3.05, 3.63) is 81.9 Å². The zero-order chi connectivity index (χ0) is 24.2. The van der Waals surface area contributed by atoms with Crippen LogP contribution in [0.3, 0.4) is 0 Å². The van der Waals surface area contributed by atoms with Crippen LogP contribution < -0.4 is 10.9 Å². The van der Waals surface area contributed by atoms with Crippen molar-refractivity contribution in [2.45, 2.75) is 26.7 Å². The highest BCUT2D eigenvalue weighted by Gasteiger charge is 2.18. The van der Waals surface area contributed by atoms with Gasteiger partial charge in [-0.2, -0.15) is 5.10 Å². The van der Waals surface area contributed by atoms with E-state index in [2.05, 4.69) is 15.4 Å². The molecule has 0 radical (unpaired) electrons. The molecule has 1 N–H and O–H groups in total. The first kappa shape index (κ1) is 22.9. The molecule has 4 aromatic rings. The fourth-order valence-corrected chi connectivity index (χ4v) is 3.72. The molecule has 0 spiro atoms. The number of amides is 1. The molecule has 174 valence electrons.